The highest BCUT2D eigenvalue weighted by Gasteiger charge is 2.17. The first kappa shape index (κ1) is 14.9. The molecule has 1 aromatic rings. The highest BCUT2D eigenvalue weighted by atomic mass is 79.9. The van der Waals surface area contributed by atoms with Crippen LogP contribution in [0.1, 0.15) is 20.3 Å². The number of nitrogens with two attached hydrogens (primary N) is 1. The Kier molecular flexibility index (Phi) is 5.55. The molecule has 3 N–H and O–H groups in total. The first-order valence-electron chi connectivity index (χ1n) is 5.84. The van der Waals surface area contributed by atoms with E-state index in [9.17, 15) is 10.1 Å². The summed E-state index contributed by atoms with van der Waals surface area (Å²) in [6.45, 7) is 4.64. The van der Waals surface area contributed by atoms with Crippen LogP contribution in [0, 0.1) is 16.0 Å². The third-order valence-corrected chi connectivity index (χ3v) is 3.05. The lowest BCUT2D eigenvalue weighted by Crippen LogP contribution is -2.30. The van der Waals surface area contributed by atoms with Crippen molar-refractivity contribution in [2.45, 2.75) is 26.3 Å². The van der Waals surface area contributed by atoms with Gasteiger partial charge in [-0.25, -0.2) is 0 Å². The molecule has 0 aliphatic heterocycles. The highest BCUT2D eigenvalue weighted by Crippen LogP contribution is 2.29. The van der Waals surface area contributed by atoms with Gasteiger partial charge in [0.2, 0.25) is 0 Å². The van der Waals surface area contributed by atoms with Gasteiger partial charge in [-0.1, -0.05) is 29.8 Å². The summed E-state index contributed by atoms with van der Waals surface area (Å²) in [5.74, 6) is 0.487. The molecule has 0 saturated heterocycles. The summed E-state index contributed by atoms with van der Waals surface area (Å²) >= 11 is 3.23. The second-order valence-corrected chi connectivity index (χ2v) is 5.54. The number of rotatable bonds is 6. The van der Waals surface area contributed by atoms with E-state index in [0.717, 1.165) is 6.42 Å². The average Bonchev–Trinajstić information content (AvgIpc) is 2.29. The number of halogens is 1. The van der Waals surface area contributed by atoms with Crippen LogP contribution in [0.2, 0.25) is 0 Å². The normalized spacial score (nSPS) is 12.5. The number of nitrogens with zero attached hydrogens (tertiary/aromatic N) is 1. The fourth-order valence-corrected chi connectivity index (χ4v) is 2.13. The van der Waals surface area contributed by atoms with Gasteiger partial charge in [-0.05, 0) is 24.5 Å². The van der Waals surface area contributed by atoms with Crippen molar-refractivity contribution >= 4 is 27.3 Å². The van der Waals surface area contributed by atoms with Crippen molar-refractivity contribution in [3.05, 3.63) is 32.8 Å². The van der Waals surface area contributed by atoms with Crippen molar-refractivity contribution < 1.29 is 4.92 Å². The maximum atomic E-state index is 11.0. The number of nitro groups is 1. The Morgan fingerprint density at radius 2 is 2.17 bits per heavy atom. The largest absolute Gasteiger partial charge is 0.375 e. The van der Waals surface area contributed by atoms with Gasteiger partial charge in [0, 0.05) is 23.1 Å². The minimum absolute atomic E-state index is 0.0462. The number of nitrogens with one attached hydrogen (secondary N) is 1. The van der Waals surface area contributed by atoms with Gasteiger partial charge in [0.05, 0.1) is 4.92 Å². The van der Waals surface area contributed by atoms with Crippen molar-refractivity contribution in [1.82, 2.24) is 0 Å². The highest BCUT2D eigenvalue weighted by molar-refractivity contribution is 9.10. The van der Waals surface area contributed by atoms with Crippen LogP contribution in [0.3, 0.4) is 0 Å². The van der Waals surface area contributed by atoms with E-state index in [0.29, 0.717) is 22.6 Å². The monoisotopic (exact) mass is 315 g/mol. The summed E-state index contributed by atoms with van der Waals surface area (Å²) in [6, 6.07) is 5.01. The number of hydrogen-bond acceptors (Lipinski definition) is 4. The molecule has 0 aliphatic carbocycles. The minimum Gasteiger partial charge on any atom is -0.375 e. The van der Waals surface area contributed by atoms with Gasteiger partial charge < -0.3 is 11.1 Å². The van der Waals surface area contributed by atoms with E-state index < -0.39 is 4.92 Å². The second-order valence-electron chi connectivity index (χ2n) is 4.63. The van der Waals surface area contributed by atoms with Crippen molar-refractivity contribution in [3.8, 4) is 0 Å². The predicted molar refractivity (Wildman–Crippen MR) is 76.7 cm³/mol. The molecule has 100 valence electrons. The molecule has 5 nitrogen and oxygen atoms in total. The third kappa shape index (κ3) is 4.27. The fraction of sp³-hybridized carbons (Fsp3) is 0.500. The van der Waals surface area contributed by atoms with Gasteiger partial charge in [0.1, 0.15) is 5.69 Å². The molecule has 0 saturated carbocycles. The molecule has 0 bridgehead atoms. The molecule has 1 unspecified atom stereocenters. The summed E-state index contributed by atoms with van der Waals surface area (Å²) in [6.07, 6.45) is 0.879. The Hall–Kier alpha value is -1.14. The van der Waals surface area contributed by atoms with Crippen LogP contribution in [-0.2, 0) is 0 Å². The Morgan fingerprint density at radius 1 is 1.50 bits per heavy atom. The molecular formula is C12H18BrN3O2. The average molecular weight is 316 g/mol. The number of nitro benzene ring substituents is 1. The molecule has 0 amide bonds. The molecule has 1 aromatic carbocycles. The lowest BCUT2D eigenvalue weighted by atomic mass is 10.0. The Labute approximate surface area is 115 Å². The van der Waals surface area contributed by atoms with Crippen LogP contribution in [0.5, 0.6) is 0 Å². The first-order valence-corrected chi connectivity index (χ1v) is 6.64. The zero-order chi connectivity index (χ0) is 13.7. The van der Waals surface area contributed by atoms with E-state index in [2.05, 4.69) is 35.1 Å². The van der Waals surface area contributed by atoms with Crippen molar-refractivity contribution in [2.24, 2.45) is 11.7 Å². The van der Waals surface area contributed by atoms with E-state index in [-0.39, 0.29) is 11.7 Å². The minimum atomic E-state index is -0.393. The van der Waals surface area contributed by atoms with E-state index >= 15 is 0 Å². The maximum Gasteiger partial charge on any atom is 0.293 e. The van der Waals surface area contributed by atoms with Crippen LogP contribution in [0.4, 0.5) is 11.4 Å². The van der Waals surface area contributed by atoms with Crippen LogP contribution in [-0.4, -0.2) is 17.5 Å². The second kappa shape index (κ2) is 6.70. The third-order valence-electron chi connectivity index (χ3n) is 2.56. The van der Waals surface area contributed by atoms with Crippen molar-refractivity contribution in [3.63, 3.8) is 0 Å². The molecule has 1 rings (SSSR count). The smallest absolute Gasteiger partial charge is 0.293 e. The molecule has 0 radical (unpaired) electrons. The van der Waals surface area contributed by atoms with Gasteiger partial charge in [0.25, 0.3) is 5.69 Å². The molecule has 0 fully saturated rings. The zero-order valence-corrected chi connectivity index (χ0v) is 12.1. The summed E-state index contributed by atoms with van der Waals surface area (Å²) in [5.41, 5.74) is 6.26. The van der Waals surface area contributed by atoms with Crippen LogP contribution < -0.4 is 11.1 Å². The molecule has 18 heavy (non-hydrogen) atoms. The Balaban J connectivity index is 2.91. The maximum absolute atomic E-state index is 11.0. The van der Waals surface area contributed by atoms with Gasteiger partial charge in [-0.3, -0.25) is 10.1 Å². The number of hydrogen-bond donors (Lipinski definition) is 2. The zero-order valence-electron chi connectivity index (χ0n) is 10.5. The molecule has 1 atom stereocenters. The Morgan fingerprint density at radius 3 is 2.67 bits per heavy atom. The van der Waals surface area contributed by atoms with Gasteiger partial charge in [0.15, 0.2) is 0 Å². The molecular weight excluding hydrogens is 298 g/mol. The number of anilines is 1. The molecule has 0 aliphatic rings. The van der Waals surface area contributed by atoms with E-state index in [4.69, 9.17) is 5.73 Å². The summed E-state index contributed by atoms with van der Waals surface area (Å²) < 4.78 is 0.688. The molecule has 0 aromatic heterocycles. The van der Waals surface area contributed by atoms with Crippen molar-refractivity contribution in [1.29, 1.82) is 0 Å². The topological polar surface area (TPSA) is 81.2 Å². The van der Waals surface area contributed by atoms with Crippen molar-refractivity contribution in [2.75, 3.05) is 11.9 Å². The van der Waals surface area contributed by atoms with Gasteiger partial charge in [-0.15, -0.1) is 0 Å². The molecule has 0 spiro atoms. The molecule has 0 heterocycles. The fourth-order valence-electron chi connectivity index (χ4n) is 1.78. The first-order chi connectivity index (χ1) is 8.43. The van der Waals surface area contributed by atoms with Crippen LogP contribution in [0.25, 0.3) is 0 Å². The lowest BCUT2D eigenvalue weighted by Gasteiger charge is -2.20. The standard InChI is InChI=1S/C12H18BrN3O2/c1-8(2)5-10(7-14)15-11-4-3-9(13)6-12(11)16(17)18/h3-4,6,8,10,15H,5,7,14H2,1-2H3. The summed E-state index contributed by atoms with van der Waals surface area (Å²) in [7, 11) is 0. The summed E-state index contributed by atoms with van der Waals surface area (Å²) in [5, 5.41) is 14.1. The van der Waals surface area contributed by atoms with E-state index in [1.54, 1.807) is 12.1 Å². The number of benzene rings is 1. The predicted octanol–water partition coefficient (Wildman–Crippen LogP) is 3.14. The summed E-state index contributed by atoms with van der Waals surface area (Å²) in [4.78, 5) is 10.6. The quantitative estimate of drug-likeness (QED) is 0.624. The van der Waals surface area contributed by atoms with Gasteiger partial charge >= 0.3 is 0 Å². The van der Waals surface area contributed by atoms with Gasteiger partial charge in [-0.2, -0.15) is 0 Å². The SMILES string of the molecule is CC(C)CC(CN)Nc1ccc(Br)cc1[N+](=O)[O-]. The van der Waals surface area contributed by atoms with E-state index in [1.165, 1.54) is 6.07 Å². The van der Waals surface area contributed by atoms with Crippen LogP contribution >= 0.6 is 15.9 Å². The molecule has 6 heteroatoms. The lowest BCUT2D eigenvalue weighted by molar-refractivity contribution is -0.384. The van der Waals surface area contributed by atoms with E-state index in [1.807, 2.05) is 0 Å². The Bertz CT molecular complexity index is 424. The van der Waals surface area contributed by atoms with Crippen LogP contribution in [0.15, 0.2) is 22.7 Å².